The zero-order valence-electron chi connectivity index (χ0n) is 17.0. The number of likely N-dealkylation sites (tertiary alicyclic amines) is 1. The molecule has 1 aromatic rings. The lowest BCUT2D eigenvalue weighted by Crippen LogP contribution is -2.45. The molecule has 2 rings (SSSR count). The molecule has 0 amide bonds. The molecule has 1 fully saturated rings. The first-order chi connectivity index (χ1) is 12.6. The predicted molar refractivity (Wildman–Crippen MR) is 125 cm³/mol. The molecule has 27 heavy (non-hydrogen) atoms. The van der Waals surface area contributed by atoms with E-state index in [-0.39, 0.29) is 36.5 Å². The normalized spacial score (nSPS) is 22.0. The summed E-state index contributed by atoms with van der Waals surface area (Å²) in [6, 6.07) is 10.1. The van der Waals surface area contributed by atoms with Gasteiger partial charge < -0.3 is 20.6 Å². The highest BCUT2D eigenvalue weighted by molar-refractivity contribution is 14.0. The van der Waals surface area contributed by atoms with Gasteiger partial charge in [0, 0.05) is 38.6 Å². The standard InChI is InChI=1S/C21H36N4O.HI/c1-4-22-21(23-10-11-25-14-17(2)12-18(3)15-25)24-13-20(16-26)19-8-6-5-7-9-19;/h5-9,17-18,20,26H,4,10-16H2,1-3H3,(H2,22,23,24);1H. The molecule has 0 saturated carbocycles. The second-order valence-electron chi connectivity index (χ2n) is 7.64. The summed E-state index contributed by atoms with van der Waals surface area (Å²) in [5.74, 6) is 2.45. The lowest BCUT2D eigenvalue weighted by molar-refractivity contribution is 0.143. The van der Waals surface area contributed by atoms with Crippen LogP contribution >= 0.6 is 24.0 Å². The number of hydrogen-bond acceptors (Lipinski definition) is 3. The highest BCUT2D eigenvalue weighted by Gasteiger charge is 2.21. The van der Waals surface area contributed by atoms with Gasteiger partial charge in [-0.15, -0.1) is 24.0 Å². The Hall–Kier alpha value is -0.860. The van der Waals surface area contributed by atoms with Crippen LogP contribution in [-0.4, -0.2) is 61.8 Å². The molecule has 3 atom stereocenters. The Bertz CT molecular complexity index is 530. The number of piperidine rings is 1. The van der Waals surface area contributed by atoms with Gasteiger partial charge >= 0.3 is 0 Å². The molecule has 1 saturated heterocycles. The molecule has 1 aromatic carbocycles. The smallest absolute Gasteiger partial charge is 0.191 e. The number of nitrogens with one attached hydrogen (secondary N) is 2. The van der Waals surface area contributed by atoms with E-state index in [2.05, 4.69) is 53.4 Å². The number of benzene rings is 1. The van der Waals surface area contributed by atoms with Crippen molar-refractivity contribution in [2.75, 3.05) is 45.9 Å². The Balaban J connectivity index is 0.00000364. The molecule has 0 bridgehead atoms. The van der Waals surface area contributed by atoms with Crippen LogP contribution in [0.2, 0.25) is 0 Å². The van der Waals surface area contributed by atoms with Crippen molar-refractivity contribution in [2.24, 2.45) is 16.8 Å². The van der Waals surface area contributed by atoms with E-state index in [9.17, 15) is 5.11 Å². The average Bonchev–Trinajstić information content (AvgIpc) is 2.62. The zero-order chi connectivity index (χ0) is 18.8. The van der Waals surface area contributed by atoms with E-state index in [1.807, 2.05) is 18.2 Å². The molecule has 0 radical (unpaired) electrons. The average molecular weight is 488 g/mol. The van der Waals surface area contributed by atoms with E-state index < -0.39 is 0 Å². The van der Waals surface area contributed by atoms with Crippen LogP contribution < -0.4 is 10.6 Å². The van der Waals surface area contributed by atoms with Gasteiger partial charge in [0.05, 0.1) is 13.2 Å². The predicted octanol–water partition coefficient (Wildman–Crippen LogP) is 2.91. The Labute approximate surface area is 182 Å². The second kappa shape index (κ2) is 13.3. The largest absolute Gasteiger partial charge is 0.396 e. The van der Waals surface area contributed by atoms with Gasteiger partial charge in [0.2, 0.25) is 0 Å². The van der Waals surface area contributed by atoms with E-state index in [4.69, 9.17) is 0 Å². The molecule has 0 spiro atoms. The zero-order valence-corrected chi connectivity index (χ0v) is 19.4. The SMILES string of the molecule is CCNC(=NCC(CO)c1ccccc1)NCCN1CC(C)CC(C)C1.I. The molecule has 1 heterocycles. The van der Waals surface area contributed by atoms with Gasteiger partial charge in [0.1, 0.15) is 0 Å². The lowest BCUT2D eigenvalue weighted by atomic mass is 9.92. The number of hydrogen-bond donors (Lipinski definition) is 3. The number of aliphatic hydroxyl groups excluding tert-OH is 1. The summed E-state index contributed by atoms with van der Waals surface area (Å²) in [5, 5.41) is 16.5. The van der Waals surface area contributed by atoms with Crippen LogP contribution in [-0.2, 0) is 0 Å². The number of aliphatic hydroxyl groups is 1. The van der Waals surface area contributed by atoms with Crippen molar-refractivity contribution in [1.29, 1.82) is 0 Å². The Morgan fingerprint density at radius 3 is 2.44 bits per heavy atom. The Morgan fingerprint density at radius 1 is 1.19 bits per heavy atom. The first kappa shape index (κ1) is 24.2. The van der Waals surface area contributed by atoms with Crippen molar-refractivity contribution >= 4 is 29.9 Å². The molecule has 0 aromatic heterocycles. The molecule has 6 heteroatoms. The van der Waals surface area contributed by atoms with Crippen molar-refractivity contribution in [3.63, 3.8) is 0 Å². The van der Waals surface area contributed by atoms with Gasteiger partial charge in [-0.1, -0.05) is 44.2 Å². The lowest BCUT2D eigenvalue weighted by Gasteiger charge is -2.35. The topological polar surface area (TPSA) is 59.9 Å². The number of halogens is 1. The summed E-state index contributed by atoms with van der Waals surface area (Å²) in [5.41, 5.74) is 1.13. The fraction of sp³-hybridized carbons (Fsp3) is 0.667. The molecular weight excluding hydrogens is 451 g/mol. The van der Waals surface area contributed by atoms with Crippen LogP contribution in [0, 0.1) is 11.8 Å². The maximum absolute atomic E-state index is 9.70. The van der Waals surface area contributed by atoms with Gasteiger partial charge in [-0.3, -0.25) is 4.99 Å². The van der Waals surface area contributed by atoms with Crippen molar-refractivity contribution < 1.29 is 5.11 Å². The summed E-state index contributed by atoms with van der Waals surface area (Å²) < 4.78 is 0. The van der Waals surface area contributed by atoms with Crippen LogP contribution in [0.4, 0.5) is 0 Å². The first-order valence-corrected chi connectivity index (χ1v) is 10.0. The minimum absolute atomic E-state index is 0. The van der Waals surface area contributed by atoms with Gasteiger partial charge in [-0.25, -0.2) is 0 Å². The molecule has 1 aliphatic rings. The molecular formula is C21H37IN4O. The van der Waals surface area contributed by atoms with E-state index in [1.165, 1.54) is 19.5 Å². The van der Waals surface area contributed by atoms with Crippen LogP contribution in [0.1, 0.15) is 38.7 Å². The number of rotatable bonds is 8. The van der Waals surface area contributed by atoms with Crippen molar-refractivity contribution in [2.45, 2.75) is 33.1 Å². The third-order valence-electron chi connectivity index (χ3n) is 4.97. The Morgan fingerprint density at radius 2 is 1.85 bits per heavy atom. The molecule has 5 nitrogen and oxygen atoms in total. The third-order valence-corrected chi connectivity index (χ3v) is 4.97. The molecule has 0 aliphatic carbocycles. The van der Waals surface area contributed by atoms with Crippen LogP contribution in [0.25, 0.3) is 0 Å². The molecule has 1 aliphatic heterocycles. The summed E-state index contributed by atoms with van der Waals surface area (Å²) in [7, 11) is 0. The monoisotopic (exact) mass is 488 g/mol. The second-order valence-corrected chi connectivity index (χ2v) is 7.64. The molecule has 154 valence electrons. The Kier molecular flexibility index (Phi) is 11.9. The minimum atomic E-state index is 0. The van der Waals surface area contributed by atoms with Crippen LogP contribution in [0.3, 0.4) is 0 Å². The summed E-state index contributed by atoms with van der Waals surface area (Å²) >= 11 is 0. The van der Waals surface area contributed by atoms with E-state index >= 15 is 0 Å². The quantitative estimate of drug-likeness (QED) is 0.299. The van der Waals surface area contributed by atoms with Gasteiger partial charge in [0.25, 0.3) is 0 Å². The van der Waals surface area contributed by atoms with Crippen molar-refractivity contribution in [3.05, 3.63) is 35.9 Å². The maximum Gasteiger partial charge on any atom is 0.191 e. The van der Waals surface area contributed by atoms with E-state index in [1.54, 1.807) is 0 Å². The third kappa shape index (κ3) is 8.79. The highest BCUT2D eigenvalue weighted by Crippen LogP contribution is 2.20. The maximum atomic E-state index is 9.70. The fourth-order valence-corrected chi connectivity index (χ4v) is 3.84. The first-order valence-electron chi connectivity index (χ1n) is 10.0. The van der Waals surface area contributed by atoms with Crippen LogP contribution in [0.5, 0.6) is 0 Å². The molecule has 3 unspecified atom stereocenters. The van der Waals surface area contributed by atoms with Gasteiger partial charge in [-0.2, -0.15) is 0 Å². The number of nitrogens with zero attached hydrogens (tertiary/aromatic N) is 2. The van der Waals surface area contributed by atoms with Gasteiger partial charge in [0.15, 0.2) is 5.96 Å². The van der Waals surface area contributed by atoms with Crippen molar-refractivity contribution in [3.8, 4) is 0 Å². The van der Waals surface area contributed by atoms with Crippen molar-refractivity contribution in [1.82, 2.24) is 15.5 Å². The summed E-state index contributed by atoms with van der Waals surface area (Å²) in [4.78, 5) is 7.24. The molecule has 3 N–H and O–H groups in total. The number of guanidine groups is 1. The minimum Gasteiger partial charge on any atom is -0.396 e. The summed E-state index contributed by atoms with van der Waals surface area (Å²) in [6.45, 7) is 12.6. The number of aliphatic imine (C=N–C) groups is 1. The highest BCUT2D eigenvalue weighted by atomic mass is 127. The van der Waals surface area contributed by atoms with E-state index in [0.29, 0.717) is 6.54 Å². The van der Waals surface area contributed by atoms with Crippen LogP contribution in [0.15, 0.2) is 35.3 Å². The fourth-order valence-electron chi connectivity index (χ4n) is 3.84. The summed E-state index contributed by atoms with van der Waals surface area (Å²) in [6.07, 6.45) is 1.34. The van der Waals surface area contributed by atoms with E-state index in [0.717, 1.165) is 43.0 Å². The van der Waals surface area contributed by atoms with Gasteiger partial charge in [-0.05, 0) is 30.7 Å².